The summed E-state index contributed by atoms with van der Waals surface area (Å²) in [6.07, 6.45) is 1.32. The molecule has 1 unspecified atom stereocenters. The second kappa shape index (κ2) is 4.21. The largest absolute Gasteiger partial charge is 0.291 e. The predicted molar refractivity (Wildman–Crippen MR) is 69.4 cm³/mol. The van der Waals surface area contributed by atoms with Crippen molar-refractivity contribution in [3.8, 4) is 0 Å². The average molecular weight is 217 g/mol. The molecule has 1 fully saturated rings. The second-order valence-electron chi connectivity index (χ2n) is 5.62. The molecule has 0 bridgehead atoms. The first-order valence-electron chi connectivity index (χ1n) is 6.35. The molecule has 1 aromatic carbocycles. The Bertz CT molecular complexity index is 342. The van der Waals surface area contributed by atoms with Gasteiger partial charge in [-0.25, -0.2) is 0 Å². The van der Waals surface area contributed by atoms with Crippen LogP contribution in [0.4, 0.5) is 0 Å². The van der Waals surface area contributed by atoms with Gasteiger partial charge in [0, 0.05) is 11.6 Å². The Labute approximate surface area is 99.5 Å². The van der Waals surface area contributed by atoms with Gasteiger partial charge in [-0.3, -0.25) is 4.90 Å². The van der Waals surface area contributed by atoms with Crippen LogP contribution in [-0.2, 0) is 0 Å². The number of rotatable bonds is 2. The lowest BCUT2D eigenvalue weighted by Gasteiger charge is -2.39. The molecule has 1 heterocycles. The molecule has 1 aliphatic rings. The zero-order valence-electron chi connectivity index (χ0n) is 10.9. The van der Waals surface area contributed by atoms with Crippen LogP contribution in [0, 0.1) is 5.92 Å². The fourth-order valence-electron chi connectivity index (χ4n) is 2.86. The second-order valence-corrected chi connectivity index (χ2v) is 5.62. The molecule has 0 aromatic heterocycles. The highest BCUT2D eigenvalue weighted by molar-refractivity contribution is 5.19. The third-order valence-electron chi connectivity index (χ3n) is 4.50. The topological polar surface area (TPSA) is 3.24 Å². The van der Waals surface area contributed by atoms with Crippen LogP contribution in [0.15, 0.2) is 30.3 Å². The van der Waals surface area contributed by atoms with E-state index >= 15 is 0 Å². The van der Waals surface area contributed by atoms with Gasteiger partial charge in [0.1, 0.15) is 0 Å². The molecule has 1 heteroatoms. The minimum Gasteiger partial charge on any atom is -0.291 e. The highest BCUT2D eigenvalue weighted by atomic mass is 15.2. The molecule has 1 aliphatic heterocycles. The van der Waals surface area contributed by atoms with Gasteiger partial charge in [0.25, 0.3) is 0 Å². The Morgan fingerprint density at radius 3 is 2.38 bits per heavy atom. The van der Waals surface area contributed by atoms with Crippen LogP contribution in [0.1, 0.15) is 45.7 Å². The molecule has 2 rings (SSSR count). The summed E-state index contributed by atoms with van der Waals surface area (Å²) in [6, 6.07) is 11.4. The Morgan fingerprint density at radius 1 is 1.25 bits per heavy atom. The summed E-state index contributed by atoms with van der Waals surface area (Å²) in [4.78, 5) is 2.65. The van der Waals surface area contributed by atoms with Crippen molar-refractivity contribution in [2.24, 2.45) is 5.92 Å². The molecule has 2 atom stereocenters. The Morgan fingerprint density at radius 2 is 1.88 bits per heavy atom. The van der Waals surface area contributed by atoms with Crippen LogP contribution in [0.2, 0.25) is 0 Å². The van der Waals surface area contributed by atoms with Crippen molar-refractivity contribution in [1.82, 2.24) is 4.90 Å². The van der Waals surface area contributed by atoms with E-state index in [0.29, 0.717) is 11.6 Å². The molecule has 16 heavy (non-hydrogen) atoms. The molecular formula is C15H23N. The van der Waals surface area contributed by atoms with E-state index in [9.17, 15) is 0 Å². The summed E-state index contributed by atoms with van der Waals surface area (Å²) in [5.41, 5.74) is 1.76. The maximum absolute atomic E-state index is 2.65. The van der Waals surface area contributed by atoms with Gasteiger partial charge >= 0.3 is 0 Å². The molecule has 0 spiro atoms. The molecule has 0 amide bonds. The smallest absolute Gasteiger partial charge is 0.0325 e. The number of benzene rings is 1. The number of hydrogen-bond donors (Lipinski definition) is 0. The van der Waals surface area contributed by atoms with Crippen molar-refractivity contribution in [3.05, 3.63) is 35.9 Å². The van der Waals surface area contributed by atoms with E-state index in [1.807, 2.05) is 0 Å². The van der Waals surface area contributed by atoms with Gasteiger partial charge in [-0.15, -0.1) is 0 Å². The highest BCUT2D eigenvalue weighted by Crippen LogP contribution is 2.39. The first kappa shape index (κ1) is 11.7. The summed E-state index contributed by atoms with van der Waals surface area (Å²) in [5.74, 6) is 0.790. The predicted octanol–water partition coefficient (Wildman–Crippen LogP) is 3.87. The molecule has 1 nitrogen and oxygen atoms in total. The van der Waals surface area contributed by atoms with Gasteiger partial charge < -0.3 is 0 Å². The first-order chi connectivity index (χ1) is 7.53. The summed E-state index contributed by atoms with van der Waals surface area (Å²) in [5, 5.41) is 0. The van der Waals surface area contributed by atoms with Crippen LogP contribution in [-0.4, -0.2) is 17.0 Å². The summed E-state index contributed by atoms with van der Waals surface area (Å²) < 4.78 is 0. The van der Waals surface area contributed by atoms with Crippen molar-refractivity contribution in [1.29, 1.82) is 0 Å². The monoisotopic (exact) mass is 217 g/mol. The minimum absolute atomic E-state index is 0.329. The summed E-state index contributed by atoms with van der Waals surface area (Å²) in [7, 11) is 0. The molecule has 0 radical (unpaired) electrons. The molecular weight excluding hydrogens is 194 g/mol. The SMILES string of the molecule is CC1CCN([C@H](C)c2ccccc2)C1(C)C. The van der Waals surface area contributed by atoms with Crippen LogP contribution in [0.5, 0.6) is 0 Å². The Hall–Kier alpha value is -0.820. The maximum Gasteiger partial charge on any atom is 0.0325 e. The molecule has 88 valence electrons. The molecule has 1 saturated heterocycles. The van der Waals surface area contributed by atoms with E-state index in [4.69, 9.17) is 0 Å². The maximum atomic E-state index is 2.65. The number of hydrogen-bond acceptors (Lipinski definition) is 1. The molecule has 0 N–H and O–H groups in total. The fraction of sp³-hybridized carbons (Fsp3) is 0.600. The van der Waals surface area contributed by atoms with Gasteiger partial charge in [0.2, 0.25) is 0 Å². The third-order valence-corrected chi connectivity index (χ3v) is 4.50. The molecule has 0 aliphatic carbocycles. The van der Waals surface area contributed by atoms with Crippen molar-refractivity contribution < 1.29 is 0 Å². The normalized spacial score (nSPS) is 26.9. The van der Waals surface area contributed by atoms with E-state index in [2.05, 4.69) is 62.9 Å². The van der Waals surface area contributed by atoms with Crippen molar-refractivity contribution in [3.63, 3.8) is 0 Å². The average Bonchev–Trinajstić information content (AvgIpc) is 2.54. The van der Waals surface area contributed by atoms with Crippen LogP contribution in [0.3, 0.4) is 0 Å². The van der Waals surface area contributed by atoms with E-state index in [1.54, 1.807) is 0 Å². The van der Waals surface area contributed by atoms with Gasteiger partial charge in [-0.05, 0) is 45.2 Å². The van der Waals surface area contributed by atoms with Crippen LogP contribution < -0.4 is 0 Å². The zero-order chi connectivity index (χ0) is 11.8. The van der Waals surface area contributed by atoms with E-state index < -0.39 is 0 Å². The minimum atomic E-state index is 0.329. The first-order valence-corrected chi connectivity index (χ1v) is 6.35. The van der Waals surface area contributed by atoms with Gasteiger partial charge in [-0.1, -0.05) is 37.3 Å². The lowest BCUT2D eigenvalue weighted by atomic mass is 9.89. The lowest BCUT2D eigenvalue weighted by molar-refractivity contribution is 0.101. The zero-order valence-corrected chi connectivity index (χ0v) is 10.9. The van der Waals surface area contributed by atoms with Gasteiger partial charge in [-0.2, -0.15) is 0 Å². The van der Waals surface area contributed by atoms with E-state index in [1.165, 1.54) is 18.5 Å². The van der Waals surface area contributed by atoms with Gasteiger partial charge in [0.15, 0.2) is 0 Å². The summed E-state index contributed by atoms with van der Waals surface area (Å²) in [6.45, 7) is 10.7. The Kier molecular flexibility index (Phi) is 3.07. The van der Waals surface area contributed by atoms with Gasteiger partial charge in [0.05, 0.1) is 0 Å². The number of likely N-dealkylation sites (tertiary alicyclic amines) is 1. The Balaban J connectivity index is 2.20. The standard InChI is InChI=1S/C15H23N/c1-12-10-11-16(15(12,3)4)13(2)14-8-6-5-7-9-14/h5-9,12-13H,10-11H2,1-4H3/t12?,13-/m1/s1. The van der Waals surface area contributed by atoms with Crippen molar-refractivity contribution in [2.45, 2.75) is 45.7 Å². The van der Waals surface area contributed by atoms with Crippen molar-refractivity contribution in [2.75, 3.05) is 6.54 Å². The third kappa shape index (κ3) is 1.89. The van der Waals surface area contributed by atoms with E-state index in [-0.39, 0.29) is 0 Å². The van der Waals surface area contributed by atoms with Crippen molar-refractivity contribution >= 4 is 0 Å². The lowest BCUT2D eigenvalue weighted by Crippen LogP contribution is -2.43. The highest BCUT2D eigenvalue weighted by Gasteiger charge is 2.40. The fourth-order valence-corrected chi connectivity index (χ4v) is 2.86. The summed E-state index contributed by atoms with van der Waals surface area (Å²) >= 11 is 0. The molecule has 1 aromatic rings. The van der Waals surface area contributed by atoms with E-state index in [0.717, 1.165) is 5.92 Å². The number of nitrogens with zero attached hydrogens (tertiary/aromatic N) is 1. The quantitative estimate of drug-likeness (QED) is 0.727. The van der Waals surface area contributed by atoms with Crippen LogP contribution >= 0.6 is 0 Å². The van der Waals surface area contributed by atoms with Crippen LogP contribution in [0.25, 0.3) is 0 Å². The molecule has 0 saturated carbocycles.